The van der Waals surface area contributed by atoms with Gasteiger partial charge in [-0.05, 0) is 96.2 Å². The van der Waals surface area contributed by atoms with Gasteiger partial charge in [0.1, 0.15) is 29.1 Å². The van der Waals surface area contributed by atoms with E-state index >= 15 is 0 Å². The summed E-state index contributed by atoms with van der Waals surface area (Å²) in [4.78, 5) is 31.1. The molecule has 1 aromatic heterocycles. The van der Waals surface area contributed by atoms with Crippen LogP contribution in [0.2, 0.25) is 0 Å². The van der Waals surface area contributed by atoms with Crippen molar-refractivity contribution in [2.45, 2.75) is 115 Å². The van der Waals surface area contributed by atoms with Crippen molar-refractivity contribution in [1.82, 2.24) is 14.6 Å². The molecule has 1 N–H and O–H groups in total. The van der Waals surface area contributed by atoms with E-state index in [0.29, 0.717) is 29.7 Å². The topological polar surface area (TPSA) is 124 Å². The van der Waals surface area contributed by atoms with E-state index in [1.54, 1.807) is 47.6 Å². The minimum atomic E-state index is -3.89. The molecule has 0 aliphatic rings. The van der Waals surface area contributed by atoms with Gasteiger partial charge in [-0.15, -0.1) is 23.2 Å². The van der Waals surface area contributed by atoms with Gasteiger partial charge in [0, 0.05) is 35.9 Å². The molecule has 3 rings (SSSR count). The molecule has 2 amide bonds. The Morgan fingerprint density at radius 3 is 2.06 bits per heavy atom. The van der Waals surface area contributed by atoms with E-state index in [-0.39, 0.29) is 36.4 Å². The summed E-state index contributed by atoms with van der Waals surface area (Å²) in [7, 11) is -3.89. The molecule has 0 radical (unpaired) electrons. The summed E-state index contributed by atoms with van der Waals surface area (Å²) in [5.41, 5.74) is 1.86. The number of nitrogens with one attached hydrogen (secondary N) is 1. The van der Waals surface area contributed by atoms with Crippen LogP contribution in [0.25, 0.3) is 10.9 Å². The lowest BCUT2D eigenvalue weighted by molar-refractivity contribution is 0.00117. The number of benzene rings is 2. The summed E-state index contributed by atoms with van der Waals surface area (Å²) >= 11 is 12.6. The van der Waals surface area contributed by atoms with Crippen LogP contribution < -0.4 is 9.46 Å². The number of carbonyl (C=O) groups is 2. The van der Waals surface area contributed by atoms with Gasteiger partial charge >= 0.3 is 12.2 Å². The van der Waals surface area contributed by atoms with Crippen LogP contribution in [0.4, 0.5) is 9.59 Å². The fraction of sp³-hybridized carbons (Fsp3) is 0.528. The number of amides is 2. The van der Waals surface area contributed by atoms with Crippen molar-refractivity contribution < 1.29 is 32.2 Å². The predicted octanol–water partition coefficient (Wildman–Crippen LogP) is 9.00. The number of alkyl halides is 2. The number of carbonyl (C=O) groups excluding carboxylic acids is 2. The zero-order valence-corrected chi connectivity index (χ0v) is 31.9. The van der Waals surface area contributed by atoms with Gasteiger partial charge < -0.3 is 14.2 Å². The second kappa shape index (κ2) is 17.7. The standard InChI is InChI=1S/C36H49Cl2N3O7S/c1-25-16-17-26-14-13-15-30(32(26)40-25)46-24-29-27(22-37)18-19-31(28(29)23-38)49(44,45)39-20-11-9-8-10-12-21-41(33(42)47-35(2,3)4)34(43)48-36(5,6)7/h13-19,39H,8-12,20-24H2,1-7H3. The lowest BCUT2D eigenvalue weighted by Crippen LogP contribution is -2.44. The number of aromatic nitrogens is 1. The van der Waals surface area contributed by atoms with Crippen molar-refractivity contribution in [1.29, 1.82) is 0 Å². The minimum absolute atomic E-state index is 0.0455. The van der Waals surface area contributed by atoms with Crippen LogP contribution in [-0.2, 0) is 37.9 Å². The van der Waals surface area contributed by atoms with Crippen molar-refractivity contribution in [2.75, 3.05) is 13.1 Å². The van der Waals surface area contributed by atoms with Crippen LogP contribution in [0.3, 0.4) is 0 Å². The van der Waals surface area contributed by atoms with E-state index in [2.05, 4.69) is 9.71 Å². The molecule has 0 atom stereocenters. The number of rotatable bonds is 15. The maximum atomic E-state index is 13.4. The largest absolute Gasteiger partial charge is 0.487 e. The number of hydrogen-bond donors (Lipinski definition) is 1. The van der Waals surface area contributed by atoms with Crippen LogP contribution >= 0.6 is 23.2 Å². The van der Waals surface area contributed by atoms with Gasteiger partial charge in [0.25, 0.3) is 0 Å². The first-order valence-electron chi connectivity index (χ1n) is 16.4. The second-order valence-corrected chi connectivity index (χ2v) is 16.1. The Kier molecular flexibility index (Phi) is 14.6. The van der Waals surface area contributed by atoms with Gasteiger partial charge in [0.2, 0.25) is 10.0 Å². The van der Waals surface area contributed by atoms with Gasteiger partial charge in [-0.1, -0.05) is 43.5 Å². The number of imide groups is 1. The van der Waals surface area contributed by atoms with Crippen molar-refractivity contribution in [2.24, 2.45) is 0 Å². The summed E-state index contributed by atoms with van der Waals surface area (Å²) in [6, 6.07) is 12.8. The third-order valence-electron chi connectivity index (χ3n) is 7.33. The summed E-state index contributed by atoms with van der Waals surface area (Å²) in [5.74, 6) is 0.697. The third-order valence-corrected chi connectivity index (χ3v) is 9.43. The Bertz CT molecular complexity index is 1680. The molecular formula is C36H49Cl2N3O7S. The van der Waals surface area contributed by atoms with Gasteiger partial charge in [-0.3, -0.25) is 0 Å². The molecule has 0 spiro atoms. The number of fused-ring (bicyclic) bond motifs is 1. The quantitative estimate of drug-likeness (QED) is 0.121. The van der Waals surface area contributed by atoms with Crippen LogP contribution in [0.15, 0.2) is 47.4 Å². The van der Waals surface area contributed by atoms with Crippen LogP contribution in [0, 0.1) is 6.92 Å². The van der Waals surface area contributed by atoms with Crippen molar-refractivity contribution in [3.63, 3.8) is 0 Å². The van der Waals surface area contributed by atoms with Crippen LogP contribution in [0.5, 0.6) is 5.75 Å². The Hall–Kier alpha value is -3.12. The number of unbranched alkanes of at least 4 members (excludes halogenated alkanes) is 4. The molecule has 0 saturated heterocycles. The van der Waals surface area contributed by atoms with Crippen LogP contribution in [0.1, 0.15) is 96.0 Å². The van der Waals surface area contributed by atoms with E-state index in [0.717, 1.165) is 46.3 Å². The van der Waals surface area contributed by atoms with Gasteiger partial charge in [0.05, 0.1) is 4.90 Å². The van der Waals surface area contributed by atoms with Crippen molar-refractivity contribution in [3.8, 4) is 5.75 Å². The first-order valence-corrected chi connectivity index (χ1v) is 19.0. The number of pyridine rings is 1. The average molecular weight is 739 g/mol. The fourth-order valence-corrected chi connectivity index (χ4v) is 6.98. The Morgan fingerprint density at radius 2 is 1.45 bits per heavy atom. The number of hydrogen-bond acceptors (Lipinski definition) is 8. The molecule has 0 unspecified atom stereocenters. The molecule has 0 aliphatic heterocycles. The molecule has 49 heavy (non-hydrogen) atoms. The monoisotopic (exact) mass is 737 g/mol. The fourth-order valence-electron chi connectivity index (χ4n) is 5.01. The molecule has 0 aliphatic carbocycles. The first-order chi connectivity index (χ1) is 23.0. The summed E-state index contributed by atoms with van der Waals surface area (Å²) < 4.78 is 46.6. The van der Waals surface area contributed by atoms with Crippen LogP contribution in [-0.4, -0.2) is 54.8 Å². The molecular weight excluding hydrogens is 689 g/mol. The van der Waals surface area contributed by atoms with Crippen molar-refractivity contribution >= 4 is 56.3 Å². The molecule has 0 saturated carbocycles. The molecule has 0 fully saturated rings. The summed E-state index contributed by atoms with van der Waals surface area (Å²) in [5, 5.41) is 0.933. The van der Waals surface area contributed by atoms with Crippen molar-refractivity contribution in [3.05, 3.63) is 64.8 Å². The normalized spacial score (nSPS) is 12.2. The van der Waals surface area contributed by atoms with E-state index in [1.165, 1.54) is 6.07 Å². The number of halogens is 2. The molecule has 13 heteroatoms. The molecule has 3 aromatic rings. The Labute approximate surface area is 300 Å². The lowest BCUT2D eigenvalue weighted by atomic mass is 10.0. The highest BCUT2D eigenvalue weighted by atomic mass is 35.5. The maximum absolute atomic E-state index is 13.4. The Morgan fingerprint density at radius 1 is 0.816 bits per heavy atom. The molecule has 10 nitrogen and oxygen atoms in total. The number of aryl methyl sites for hydroxylation is 1. The number of sulfonamides is 1. The molecule has 270 valence electrons. The summed E-state index contributed by atoms with van der Waals surface area (Å²) in [6.45, 7) is 12.8. The van der Waals surface area contributed by atoms with E-state index < -0.39 is 33.4 Å². The zero-order chi connectivity index (χ0) is 36.4. The van der Waals surface area contributed by atoms with E-state index in [4.69, 9.17) is 37.4 Å². The highest BCUT2D eigenvalue weighted by molar-refractivity contribution is 7.89. The Balaban J connectivity index is 1.57. The number of para-hydroxylation sites is 1. The predicted molar refractivity (Wildman–Crippen MR) is 194 cm³/mol. The number of nitrogens with zero attached hydrogens (tertiary/aromatic N) is 2. The average Bonchev–Trinajstić information content (AvgIpc) is 3.00. The summed E-state index contributed by atoms with van der Waals surface area (Å²) in [6.07, 6.45) is 1.89. The number of ether oxygens (including phenoxy) is 3. The third kappa shape index (κ3) is 12.3. The lowest BCUT2D eigenvalue weighted by Gasteiger charge is -2.28. The second-order valence-electron chi connectivity index (χ2n) is 13.8. The van der Waals surface area contributed by atoms with Gasteiger partial charge in [0.15, 0.2) is 0 Å². The SMILES string of the molecule is Cc1ccc2cccc(OCc3c(CCl)ccc(S(=O)(=O)NCCCCCCCN(C(=O)OC(C)(C)C)C(=O)OC(C)(C)C)c3CCl)c2n1. The van der Waals surface area contributed by atoms with Gasteiger partial charge in [-0.2, -0.15) is 0 Å². The smallest absolute Gasteiger partial charge is 0.419 e. The molecule has 0 bridgehead atoms. The molecule has 2 aromatic carbocycles. The first kappa shape index (κ1) is 40.3. The zero-order valence-electron chi connectivity index (χ0n) is 29.5. The van der Waals surface area contributed by atoms with E-state index in [9.17, 15) is 18.0 Å². The van der Waals surface area contributed by atoms with Gasteiger partial charge in [-0.25, -0.2) is 32.6 Å². The van der Waals surface area contributed by atoms with E-state index in [1.807, 2.05) is 37.3 Å². The highest BCUT2D eigenvalue weighted by Gasteiger charge is 2.30. The maximum Gasteiger partial charge on any atom is 0.419 e. The highest BCUT2D eigenvalue weighted by Crippen LogP contribution is 2.30. The minimum Gasteiger partial charge on any atom is -0.487 e. The molecule has 1 heterocycles.